The number of fused-ring (bicyclic) bond motifs is 2. The fourth-order valence-electron chi connectivity index (χ4n) is 4.23. The van der Waals surface area contributed by atoms with Crippen molar-refractivity contribution in [2.75, 3.05) is 20.4 Å². The Balaban J connectivity index is 1.38. The molecule has 0 radical (unpaired) electrons. The normalized spacial score (nSPS) is 16.8. The minimum absolute atomic E-state index is 0.00980. The largest absolute Gasteiger partial charge is 0.491 e. The van der Waals surface area contributed by atoms with Gasteiger partial charge < -0.3 is 14.8 Å². The van der Waals surface area contributed by atoms with Gasteiger partial charge in [-0.2, -0.15) is 0 Å². The lowest BCUT2D eigenvalue weighted by molar-refractivity contribution is 0.0950. The van der Waals surface area contributed by atoms with E-state index < -0.39 is 39.0 Å². The van der Waals surface area contributed by atoms with Crippen LogP contribution in [0.1, 0.15) is 34.3 Å². The number of aromatic nitrogens is 3. The number of methoxy groups -OCH3 is 1. The number of nitrogens with zero attached hydrogens (tertiary/aromatic N) is 3. The van der Waals surface area contributed by atoms with Crippen molar-refractivity contribution in [3.8, 4) is 22.9 Å². The average Bonchev–Trinajstić information content (AvgIpc) is 3.09. The summed E-state index contributed by atoms with van der Waals surface area (Å²) in [6, 6.07) is 10.6. The number of alkyl halides is 3. The maximum absolute atomic E-state index is 14.3. The van der Waals surface area contributed by atoms with E-state index in [0.29, 0.717) is 27.9 Å². The molecule has 2 atom stereocenters. The van der Waals surface area contributed by atoms with Crippen LogP contribution in [0.15, 0.2) is 58.0 Å². The topological polar surface area (TPSA) is 120 Å². The third-order valence-corrected chi connectivity index (χ3v) is 8.79. The zero-order valence-corrected chi connectivity index (χ0v) is 23.8. The first-order valence-electron chi connectivity index (χ1n) is 12.3. The Hall–Kier alpha value is -3.78. The van der Waals surface area contributed by atoms with Gasteiger partial charge in [-0.05, 0) is 58.4 Å². The van der Waals surface area contributed by atoms with Gasteiger partial charge >= 0.3 is 0 Å². The van der Waals surface area contributed by atoms with Crippen molar-refractivity contribution in [2.45, 2.75) is 29.5 Å². The smallest absolute Gasteiger partial charge is 0.251 e. The number of pyridine rings is 3. The van der Waals surface area contributed by atoms with Crippen LogP contribution in [0, 0.1) is 0 Å². The van der Waals surface area contributed by atoms with E-state index >= 15 is 0 Å². The number of nitrogens with one attached hydrogen (secondary N) is 1. The number of carbonyl (C=O) groups is 1. The maximum Gasteiger partial charge on any atom is 0.251 e. The van der Waals surface area contributed by atoms with Gasteiger partial charge in [-0.1, -0.05) is 0 Å². The summed E-state index contributed by atoms with van der Waals surface area (Å²) in [6.45, 7) is -1.34. The molecule has 5 rings (SSSR count). The van der Waals surface area contributed by atoms with Gasteiger partial charge in [0, 0.05) is 23.6 Å². The highest BCUT2D eigenvalue weighted by Crippen LogP contribution is 2.39. The molecule has 1 aromatic carbocycles. The van der Waals surface area contributed by atoms with Gasteiger partial charge in [0.15, 0.2) is 11.9 Å². The lowest BCUT2D eigenvalue weighted by Gasteiger charge is -2.13. The monoisotopic (exact) mass is 650 g/mol. The lowest BCUT2D eigenvalue weighted by Crippen LogP contribution is -2.24. The van der Waals surface area contributed by atoms with E-state index in [-0.39, 0.29) is 46.9 Å². The van der Waals surface area contributed by atoms with Gasteiger partial charge in [-0.15, -0.1) is 0 Å². The van der Waals surface area contributed by atoms with Crippen molar-refractivity contribution in [1.29, 1.82) is 0 Å². The summed E-state index contributed by atoms with van der Waals surface area (Å²) in [5, 5.41) is 3.38. The third-order valence-electron chi connectivity index (χ3n) is 6.37. The van der Waals surface area contributed by atoms with Crippen molar-refractivity contribution in [3.05, 3.63) is 70.1 Å². The molecule has 0 fully saturated rings. The number of sulfone groups is 1. The molecule has 4 aromatic rings. The van der Waals surface area contributed by atoms with Gasteiger partial charge in [0.25, 0.3) is 5.91 Å². The molecule has 41 heavy (non-hydrogen) atoms. The van der Waals surface area contributed by atoms with Crippen molar-refractivity contribution in [1.82, 2.24) is 20.3 Å². The van der Waals surface area contributed by atoms with Crippen molar-refractivity contribution < 1.29 is 35.9 Å². The number of halogens is 4. The average molecular weight is 651 g/mol. The predicted molar refractivity (Wildman–Crippen MR) is 147 cm³/mol. The van der Waals surface area contributed by atoms with Crippen LogP contribution in [-0.2, 0) is 16.4 Å². The second-order valence-electron chi connectivity index (χ2n) is 9.04. The SMILES string of the molecule is COc1nc([C@@H](F)CF)ccc1-c1ccc2cnc(CNC(=O)c3cc(Br)c4c(c3)S(=O)(=O)[C@@H](F)CCO4)cc2n1. The Kier molecular flexibility index (Phi) is 8.13. The molecule has 0 bridgehead atoms. The zero-order valence-electron chi connectivity index (χ0n) is 21.4. The fraction of sp³-hybridized carbons (Fsp3) is 0.259. The molecule has 9 nitrogen and oxygen atoms in total. The molecule has 0 aliphatic carbocycles. The van der Waals surface area contributed by atoms with E-state index in [1.54, 1.807) is 30.5 Å². The van der Waals surface area contributed by atoms with Crippen LogP contribution in [0.5, 0.6) is 11.6 Å². The fourth-order valence-corrected chi connectivity index (χ4v) is 6.34. The Morgan fingerprint density at radius 2 is 2.02 bits per heavy atom. The minimum Gasteiger partial charge on any atom is -0.491 e. The standard InChI is InChI=1S/C27H22BrF3N4O5S/c1-39-27-17(3-5-21(35-27)19(30)11-29)20-4-2-14-12-32-16(10-22(14)34-20)13-33-26(36)15-8-18(28)25-23(9-15)41(37,38)24(31)6-7-40-25/h2-5,8-10,12,19,24H,6-7,11,13H2,1H3,(H,33,36)/t19-,24+/m0/s1. The predicted octanol–water partition coefficient (Wildman–Crippen LogP) is 5.22. The summed E-state index contributed by atoms with van der Waals surface area (Å²) in [5.74, 6) is -0.555. The van der Waals surface area contributed by atoms with Gasteiger partial charge in [0.1, 0.15) is 11.6 Å². The molecule has 3 aromatic heterocycles. The number of rotatable bonds is 7. The summed E-state index contributed by atoms with van der Waals surface area (Å²) in [6.07, 6.45) is -0.609. The van der Waals surface area contributed by atoms with Crippen LogP contribution < -0.4 is 14.8 Å². The van der Waals surface area contributed by atoms with Gasteiger partial charge in [-0.3, -0.25) is 9.78 Å². The molecule has 0 unspecified atom stereocenters. The number of carbonyl (C=O) groups excluding carboxylic acids is 1. The molecule has 1 aliphatic heterocycles. The quantitative estimate of drug-likeness (QED) is 0.289. The van der Waals surface area contributed by atoms with E-state index in [1.807, 2.05) is 0 Å². The van der Waals surface area contributed by atoms with Gasteiger partial charge in [0.2, 0.25) is 21.2 Å². The molecule has 0 spiro atoms. The number of ether oxygens (including phenoxy) is 2. The van der Waals surface area contributed by atoms with Crippen molar-refractivity contribution in [2.24, 2.45) is 0 Å². The first-order chi connectivity index (χ1) is 19.6. The second kappa shape index (κ2) is 11.6. The third kappa shape index (κ3) is 5.71. The number of hydrogen-bond donors (Lipinski definition) is 1. The Morgan fingerprint density at radius 3 is 2.78 bits per heavy atom. The van der Waals surface area contributed by atoms with Crippen LogP contribution >= 0.6 is 15.9 Å². The molecule has 0 saturated carbocycles. The van der Waals surface area contributed by atoms with E-state index in [1.165, 1.54) is 19.2 Å². The Morgan fingerprint density at radius 1 is 1.22 bits per heavy atom. The van der Waals surface area contributed by atoms with Crippen LogP contribution in [0.25, 0.3) is 22.2 Å². The van der Waals surface area contributed by atoms with Crippen molar-refractivity contribution >= 4 is 42.6 Å². The maximum atomic E-state index is 14.3. The summed E-state index contributed by atoms with van der Waals surface area (Å²) in [7, 11) is -2.97. The zero-order chi connectivity index (χ0) is 29.3. The summed E-state index contributed by atoms with van der Waals surface area (Å²) >= 11 is 3.22. The molecule has 214 valence electrons. The number of benzene rings is 1. The summed E-state index contributed by atoms with van der Waals surface area (Å²) in [4.78, 5) is 25.6. The van der Waals surface area contributed by atoms with Crippen LogP contribution in [0.4, 0.5) is 13.2 Å². The highest BCUT2D eigenvalue weighted by molar-refractivity contribution is 9.10. The highest BCUT2D eigenvalue weighted by Gasteiger charge is 2.35. The lowest BCUT2D eigenvalue weighted by atomic mass is 10.1. The van der Waals surface area contributed by atoms with E-state index in [0.717, 1.165) is 6.07 Å². The molecule has 4 heterocycles. The van der Waals surface area contributed by atoms with Crippen LogP contribution in [-0.4, -0.2) is 55.2 Å². The minimum atomic E-state index is -4.34. The number of amides is 1. The van der Waals surface area contributed by atoms with Gasteiger partial charge in [-0.25, -0.2) is 31.6 Å². The van der Waals surface area contributed by atoms with Gasteiger partial charge in [0.05, 0.1) is 52.9 Å². The first kappa shape index (κ1) is 28.7. The van der Waals surface area contributed by atoms with E-state index in [4.69, 9.17) is 9.47 Å². The Labute approximate surface area is 241 Å². The van der Waals surface area contributed by atoms with Crippen molar-refractivity contribution in [3.63, 3.8) is 0 Å². The highest BCUT2D eigenvalue weighted by atomic mass is 79.9. The molecular formula is C27H22BrF3N4O5S. The number of hydrogen-bond acceptors (Lipinski definition) is 8. The molecule has 14 heteroatoms. The van der Waals surface area contributed by atoms with Crippen LogP contribution in [0.2, 0.25) is 0 Å². The summed E-state index contributed by atoms with van der Waals surface area (Å²) < 4.78 is 76.9. The Bertz CT molecular complexity index is 1760. The molecule has 1 amide bonds. The summed E-state index contributed by atoms with van der Waals surface area (Å²) in [5.41, 5.74) is -0.319. The second-order valence-corrected chi connectivity index (χ2v) is 11.9. The van der Waals surface area contributed by atoms with E-state index in [2.05, 4.69) is 36.2 Å². The molecular weight excluding hydrogens is 629 g/mol. The molecule has 1 aliphatic rings. The van der Waals surface area contributed by atoms with Crippen LogP contribution in [0.3, 0.4) is 0 Å². The molecule has 1 N–H and O–H groups in total. The first-order valence-corrected chi connectivity index (χ1v) is 14.6. The van der Waals surface area contributed by atoms with E-state index in [9.17, 15) is 26.4 Å². The molecule has 0 saturated heterocycles.